The Kier molecular flexibility index (Phi) is 11.7. The second-order valence-corrected chi connectivity index (χ2v) is 6.75. The van der Waals surface area contributed by atoms with Crippen LogP contribution in [0.4, 0.5) is 0 Å². The Labute approximate surface area is 149 Å². The molecule has 8 nitrogen and oxygen atoms in total. The SMILES string of the molecule is C=C(C)C(=O)NCCCN(CCCNC(=O)C(=C)C)C(=O)CP(O)O. The summed E-state index contributed by atoms with van der Waals surface area (Å²) >= 11 is 0. The van der Waals surface area contributed by atoms with Crippen molar-refractivity contribution >= 4 is 26.1 Å². The fourth-order valence-corrected chi connectivity index (χ4v) is 2.27. The van der Waals surface area contributed by atoms with E-state index >= 15 is 0 Å². The van der Waals surface area contributed by atoms with Gasteiger partial charge in [-0.2, -0.15) is 0 Å². The Morgan fingerprint density at radius 2 is 1.32 bits per heavy atom. The molecule has 0 spiro atoms. The van der Waals surface area contributed by atoms with E-state index in [9.17, 15) is 14.4 Å². The number of amides is 3. The van der Waals surface area contributed by atoms with Crippen LogP contribution in [0.15, 0.2) is 24.3 Å². The molecular formula is C16H28N3O5P. The van der Waals surface area contributed by atoms with Crippen LogP contribution in [0.5, 0.6) is 0 Å². The van der Waals surface area contributed by atoms with E-state index in [1.807, 2.05) is 0 Å². The average Bonchev–Trinajstić information content (AvgIpc) is 2.51. The molecule has 0 atom stereocenters. The monoisotopic (exact) mass is 373 g/mol. The normalized spacial score (nSPS) is 10.3. The van der Waals surface area contributed by atoms with Crippen LogP contribution in [0.3, 0.4) is 0 Å². The van der Waals surface area contributed by atoms with Crippen molar-refractivity contribution in [3.63, 3.8) is 0 Å². The first-order chi connectivity index (χ1) is 11.6. The van der Waals surface area contributed by atoms with Crippen LogP contribution in [-0.4, -0.2) is 64.7 Å². The molecular weight excluding hydrogens is 345 g/mol. The van der Waals surface area contributed by atoms with Crippen molar-refractivity contribution in [2.24, 2.45) is 0 Å². The number of carbonyl (C=O) groups is 3. The average molecular weight is 373 g/mol. The Bertz CT molecular complexity index is 474. The number of carbonyl (C=O) groups excluding carboxylic acids is 3. The summed E-state index contributed by atoms with van der Waals surface area (Å²) in [5.41, 5.74) is 0.819. The lowest BCUT2D eigenvalue weighted by Gasteiger charge is -2.23. The fraction of sp³-hybridized carbons (Fsp3) is 0.562. The number of hydrogen-bond acceptors (Lipinski definition) is 5. The molecule has 0 rings (SSSR count). The van der Waals surface area contributed by atoms with Crippen LogP contribution >= 0.6 is 8.38 Å². The molecule has 0 aromatic rings. The highest BCUT2D eigenvalue weighted by Crippen LogP contribution is 2.22. The smallest absolute Gasteiger partial charge is 0.246 e. The molecule has 25 heavy (non-hydrogen) atoms. The van der Waals surface area contributed by atoms with Gasteiger partial charge in [-0.05, 0) is 26.7 Å². The van der Waals surface area contributed by atoms with E-state index in [4.69, 9.17) is 9.79 Å². The highest BCUT2D eigenvalue weighted by atomic mass is 31.2. The summed E-state index contributed by atoms with van der Waals surface area (Å²) in [6.45, 7) is 11.8. The Hall–Kier alpha value is -1.76. The lowest BCUT2D eigenvalue weighted by molar-refractivity contribution is -0.128. The van der Waals surface area contributed by atoms with E-state index in [1.165, 1.54) is 4.90 Å². The lowest BCUT2D eigenvalue weighted by Crippen LogP contribution is -2.38. The maximum Gasteiger partial charge on any atom is 0.246 e. The summed E-state index contributed by atoms with van der Waals surface area (Å²) in [5, 5.41) is 5.35. The molecule has 0 aliphatic heterocycles. The third kappa shape index (κ3) is 11.4. The van der Waals surface area contributed by atoms with Gasteiger partial charge >= 0.3 is 0 Å². The summed E-state index contributed by atoms with van der Waals surface area (Å²) in [7, 11) is -2.30. The molecule has 4 N–H and O–H groups in total. The summed E-state index contributed by atoms with van der Waals surface area (Å²) in [5.74, 6) is -0.849. The summed E-state index contributed by atoms with van der Waals surface area (Å²) in [4.78, 5) is 54.4. The third-order valence-corrected chi connectivity index (χ3v) is 3.74. The fourth-order valence-electron chi connectivity index (χ4n) is 1.83. The van der Waals surface area contributed by atoms with Gasteiger partial charge in [-0.15, -0.1) is 0 Å². The zero-order valence-corrected chi connectivity index (χ0v) is 15.8. The predicted octanol–water partition coefficient (Wildman–Crippen LogP) is 0.276. The van der Waals surface area contributed by atoms with Crippen molar-refractivity contribution in [2.75, 3.05) is 32.3 Å². The Balaban J connectivity index is 4.34. The number of nitrogens with zero attached hydrogens (tertiary/aromatic N) is 1. The lowest BCUT2D eigenvalue weighted by atomic mass is 10.3. The third-order valence-electron chi connectivity index (χ3n) is 3.19. The van der Waals surface area contributed by atoms with Crippen LogP contribution in [0.25, 0.3) is 0 Å². The molecule has 0 aromatic carbocycles. The quantitative estimate of drug-likeness (QED) is 0.223. The van der Waals surface area contributed by atoms with Gasteiger partial charge in [0.15, 0.2) is 8.38 Å². The van der Waals surface area contributed by atoms with E-state index < -0.39 is 8.38 Å². The van der Waals surface area contributed by atoms with E-state index in [2.05, 4.69) is 23.8 Å². The maximum absolute atomic E-state index is 12.0. The molecule has 0 saturated carbocycles. The summed E-state index contributed by atoms with van der Waals surface area (Å²) < 4.78 is 0. The van der Waals surface area contributed by atoms with Gasteiger partial charge in [-0.1, -0.05) is 13.2 Å². The molecule has 0 bridgehead atoms. The standard InChI is InChI=1S/C16H28N3O5P/c1-12(2)15(21)17-7-5-9-19(14(20)11-25(23)24)10-6-8-18-16(22)13(3)4/h23-24H,1,3,5-11H2,2,4H3,(H,17,21)(H,18,22). The molecule has 0 aromatic heterocycles. The molecule has 0 unspecified atom stereocenters. The molecule has 142 valence electrons. The first kappa shape index (κ1) is 23.2. The minimum Gasteiger partial charge on any atom is -0.352 e. The van der Waals surface area contributed by atoms with Gasteiger partial charge in [0.1, 0.15) is 0 Å². The van der Waals surface area contributed by atoms with Gasteiger partial charge in [0.25, 0.3) is 0 Å². The Morgan fingerprint density at radius 1 is 0.920 bits per heavy atom. The van der Waals surface area contributed by atoms with Crippen LogP contribution in [0.2, 0.25) is 0 Å². The van der Waals surface area contributed by atoms with Gasteiger partial charge < -0.3 is 25.3 Å². The number of nitrogens with one attached hydrogen (secondary N) is 2. The minimum atomic E-state index is -2.30. The van der Waals surface area contributed by atoms with Crippen LogP contribution in [0, 0.1) is 0 Å². The highest BCUT2D eigenvalue weighted by molar-refractivity contribution is 7.46. The molecule has 0 aliphatic rings. The first-order valence-corrected chi connectivity index (χ1v) is 9.38. The van der Waals surface area contributed by atoms with Crippen LogP contribution in [-0.2, 0) is 14.4 Å². The molecule has 0 aliphatic carbocycles. The predicted molar refractivity (Wildman–Crippen MR) is 97.7 cm³/mol. The van der Waals surface area contributed by atoms with Crippen molar-refractivity contribution in [3.8, 4) is 0 Å². The van der Waals surface area contributed by atoms with E-state index in [1.54, 1.807) is 13.8 Å². The van der Waals surface area contributed by atoms with E-state index in [-0.39, 0.29) is 23.9 Å². The highest BCUT2D eigenvalue weighted by Gasteiger charge is 2.16. The van der Waals surface area contributed by atoms with Gasteiger partial charge in [0, 0.05) is 37.3 Å². The molecule has 0 radical (unpaired) electrons. The van der Waals surface area contributed by atoms with Crippen LogP contribution in [0.1, 0.15) is 26.7 Å². The molecule has 0 saturated heterocycles. The minimum absolute atomic E-state index is 0.241. The van der Waals surface area contributed by atoms with Crippen molar-refractivity contribution in [1.82, 2.24) is 15.5 Å². The van der Waals surface area contributed by atoms with E-state index in [0.29, 0.717) is 50.2 Å². The van der Waals surface area contributed by atoms with Crippen molar-refractivity contribution in [1.29, 1.82) is 0 Å². The van der Waals surface area contributed by atoms with Crippen molar-refractivity contribution in [2.45, 2.75) is 26.7 Å². The number of rotatable bonds is 12. The van der Waals surface area contributed by atoms with Crippen molar-refractivity contribution in [3.05, 3.63) is 24.3 Å². The second-order valence-electron chi connectivity index (χ2n) is 5.69. The number of hydrogen-bond donors (Lipinski definition) is 4. The van der Waals surface area contributed by atoms with Crippen LogP contribution < -0.4 is 10.6 Å². The summed E-state index contributed by atoms with van der Waals surface area (Å²) in [6, 6.07) is 0. The van der Waals surface area contributed by atoms with Gasteiger partial charge in [-0.3, -0.25) is 14.4 Å². The largest absolute Gasteiger partial charge is 0.352 e. The van der Waals surface area contributed by atoms with E-state index in [0.717, 1.165) is 0 Å². The molecule has 0 heterocycles. The molecule has 9 heteroatoms. The molecule has 0 fully saturated rings. The first-order valence-electron chi connectivity index (χ1n) is 7.95. The van der Waals surface area contributed by atoms with Gasteiger partial charge in [0.2, 0.25) is 17.7 Å². The second kappa shape index (κ2) is 12.6. The van der Waals surface area contributed by atoms with Crippen molar-refractivity contribution < 1.29 is 24.2 Å². The topological polar surface area (TPSA) is 119 Å². The van der Waals surface area contributed by atoms with Gasteiger partial charge in [-0.25, -0.2) is 0 Å². The zero-order chi connectivity index (χ0) is 19.4. The Morgan fingerprint density at radius 3 is 1.64 bits per heavy atom. The zero-order valence-electron chi connectivity index (χ0n) is 14.9. The van der Waals surface area contributed by atoms with Gasteiger partial charge in [0.05, 0.1) is 6.16 Å². The maximum atomic E-state index is 12.0. The molecule has 3 amide bonds. The summed E-state index contributed by atoms with van der Waals surface area (Å²) in [6.07, 6.45) is 0.723.